The minimum absolute atomic E-state index is 0. The van der Waals surface area contributed by atoms with E-state index in [2.05, 4.69) is 10.1 Å². The van der Waals surface area contributed by atoms with E-state index in [1.807, 2.05) is 79.5 Å². The molecule has 0 aliphatic rings. The number of primary amides is 1. The lowest BCUT2D eigenvalue weighted by Gasteiger charge is -2.16. The van der Waals surface area contributed by atoms with Gasteiger partial charge in [0.2, 0.25) is 0 Å². The Morgan fingerprint density at radius 2 is 1.97 bits per heavy atom. The number of halogens is 1. The normalized spacial score (nSPS) is 11.9. The maximum Gasteiger partial charge on any atom is 0.262 e. The van der Waals surface area contributed by atoms with E-state index in [0.29, 0.717) is 15.6 Å². The van der Waals surface area contributed by atoms with Crippen molar-refractivity contribution in [1.29, 1.82) is 0 Å². The standard InChI is InChI=1S/C24H20ClN5O2S.CH4/c1-14(17-5-3-4-6-18(17)25)32-21-10-22(33-23(21)24(26)31)30-13-27-19-9-15(7-8-20(19)30)16-11-28-29(2)12-16;/h3-14H,1-2H3,(H2,26,31);1H4/t14-;/m1./s1. The maximum absolute atomic E-state index is 12.2. The summed E-state index contributed by atoms with van der Waals surface area (Å²) in [7, 11) is 1.89. The molecule has 0 radical (unpaired) electrons. The van der Waals surface area contributed by atoms with E-state index < -0.39 is 5.91 Å². The van der Waals surface area contributed by atoms with Crippen molar-refractivity contribution >= 4 is 39.9 Å². The molecule has 0 aliphatic carbocycles. The van der Waals surface area contributed by atoms with Crippen LogP contribution in [0.5, 0.6) is 5.75 Å². The molecule has 9 heteroatoms. The molecule has 5 aromatic rings. The third-order valence-electron chi connectivity index (χ3n) is 5.38. The van der Waals surface area contributed by atoms with Gasteiger partial charge in [0, 0.05) is 35.5 Å². The molecular formula is C25H24ClN5O2S. The van der Waals surface area contributed by atoms with Crippen LogP contribution in [0.4, 0.5) is 0 Å². The maximum atomic E-state index is 12.2. The summed E-state index contributed by atoms with van der Waals surface area (Å²) in [5.41, 5.74) is 10.3. The Hall–Kier alpha value is -3.62. The first-order valence-corrected chi connectivity index (χ1v) is 11.4. The van der Waals surface area contributed by atoms with Crippen molar-refractivity contribution in [3.8, 4) is 21.9 Å². The summed E-state index contributed by atoms with van der Waals surface area (Å²) in [6.45, 7) is 1.88. The number of rotatable bonds is 6. The Morgan fingerprint density at radius 3 is 2.68 bits per heavy atom. The van der Waals surface area contributed by atoms with Crippen LogP contribution in [0, 0.1) is 0 Å². The van der Waals surface area contributed by atoms with Crippen LogP contribution < -0.4 is 10.5 Å². The van der Waals surface area contributed by atoms with E-state index >= 15 is 0 Å². The molecule has 3 aromatic heterocycles. The molecule has 174 valence electrons. The number of amides is 1. The fourth-order valence-electron chi connectivity index (χ4n) is 3.74. The molecule has 2 aromatic carbocycles. The van der Waals surface area contributed by atoms with Gasteiger partial charge in [-0.15, -0.1) is 11.3 Å². The van der Waals surface area contributed by atoms with Gasteiger partial charge >= 0.3 is 0 Å². The van der Waals surface area contributed by atoms with Crippen molar-refractivity contribution in [3.63, 3.8) is 0 Å². The number of nitrogens with two attached hydrogens (primary N) is 1. The predicted molar refractivity (Wildman–Crippen MR) is 137 cm³/mol. The molecule has 0 saturated carbocycles. The first-order valence-electron chi connectivity index (χ1n) is 10.2. The van der Waals surface area contributed by atoms with E-state index in [9.17, 15) is 4.79 Å². The molecule has 7 nitrogen and oxygen atoms in total. The van der Waals surface area contributed by atoms with Crippen molar-refractivity contribution in [2.45, 2.75) is 20.5 Å². The highest BCUT2D eigenvalue weighted by molar-refractivity contribution is 7.16. The van der Waals surface area contributed by atoms with Crippen LogP contribution in [-0.2, 0) is 7.05 Å². The van der Waals surface area contributed by atoms with Gasteiger partial charge in [-0.2, -0.15) is 5.10 Å². The van der Waals surface area contributed by atoms with Crippen LogP contribution in [-0.4, -0.2) is 25.2 Å². The zero-order valence-corrected chi connectivity index (χ0v) is 19.5. The molecule has 0 unspecified atom stereocenters. The SMILES string of the molecule is C.C[C@@H](Oc1cc(-n2cnc3cc(-c4cnn(C)c4)ccc32)sc1C(N)=O)c1ccccc1Cl. The molecule has 1 amide bonds. The lowest BCUT2D eigenvalue weighted by molar-refractivity contribution is 0.0998. The van der Waals surface area contributed by atoms with Crippen LogP contribution in [0.15, 0.2) is 67.3 Å². The van der Waals surface area contributed by atoms with E-state index in [0.717, 1.165) is 32.7 Å². The fraction of sp³-hybridized carbons (Fsp3) is 0.160. The summed E-state index contributed by atoms with van der Waals surface area (Å²) in [5, 5.41) is 5.61. The molecule has 0 spiro atoms. The fourth-order valence-corrected chi connectivity index (χ4v) is 4.95. The zero-order chi connectivity index (χ0) is 23.1. The summed E-state index contributed by atoms with van der Waals surface area (Å²) < 4.78 is 9.81. The van der Waals surface area contributed by atoms with Gasteiger partial charge in [-0.05, 0) is 30.7 Å². The Kier molecular flexibility index (Phi) is 6.45. The summed E-state index contributed by atoms with van der Waals surface area (Å²) in [6.07, 6.45) is 5.15. The number of nitrogens with zero attached hydrogens (tertiary/aromatic N) is 4. The quantitative estimate of drug-likeness (QED) is 0.313. The van der Waals surface area contributed by atoms with E-state index in [4.69, 9.17) is 22.1 Å². The third kappa shape index (κ3) is 4.30. The molecule has 1 atom stereocenters. The number of hydrogen-bond acceptors (Lipinski definition) is 5. The number of ether oxygens (including phenoxy) is 1. The van der Waals surface area contributed by atoms with Gasteiger partial charge in [0.25, 0.3) is 5.91 Å². The molecule has 5 rings (SSSR count). The molecule has 34 heavy (non-hydrogen) atoms. The van der Waals surface area contributed by atoms with Gasteiger partial charge in [-0.25, -0.2) is 4.98 Å². The first kappa shape index (κ1) is 23.5. The number of carbonyl (C=O) groups is 1. The zero-order valence-electron chi connectivity index (χ0n) is 17.9. The highest BCUT2D eigenvalue weighted by atomic mass is 35.5. The van der Waals surface area contributed by atoms with Gasteiger partial charge in [-0.3, -0.25) is 14.0 Å². The van der Waals surface area contributed by atoms with Crippen molar-refractivity contribution in [1.82, 2.24) is 19.3 Å². The second-order valence-electron chi connectivity index (χ2n) is 7.64. The summed E-state index contributed by atoms with van der Waals surface area (Å²) in [4.78, 5) is 17.1. The molecule has 0 bridgehead atoms. The van der Waals surface area contributed by atoms with Crippen LogP contribution in [0.2, 0.25) is 5.02 Å². The minimum atomic E-state index is -0.545. The minimum Gasteiger partial charge on any atom is -0.484 e. The van der Waals surface area contributed by atoms with Gasteiger partial charge in [0.05, 0.1) is 17.2 Å². The average Bonchev–Trinajstić information content (AvgIpc) is 3.51. The van der Waals surface area contributed by atoms with Crippen molar-refractivity contribution in [3.05, 3.63) is 82.7 Å². The van der Waals surface area contributed by atoms with Crippen LogP contribution in [0.1, 0.15) is 35.7 Å². The number of aryl methyl sites for hydroxylation is 1. The molecule has 0 aliphatic heterocycles. The van der Waals surface area contributed by atoms with E-state index in [-0.39, 0.29) is 13.5 Å². The topological polar surface area (TPSA) is 88.0 Å². The van der Waals surface area contributed by atoms with Crippen LogP contribution in [0.3, 0.4) is 0 Å². The Bertz CT molecular complexity index is 1490. The number of benzene rings is 2. The summed E-state index contributed by atoms with van der Waals surface area (Å²) in [5.74, 6) is -0.125. The summed E-state index contributed by atoms with van der Waals surface area (Å²) >= 11 is 7.57. The summed E-state index contributed by atoms with van der Waals surface area (Å²) in [6, 6.07) is 15.3. The number of aromatic nitrogens is 4. The average molecular weight is 494 g/mol. The Labute approximate surface area is 206 Å². The number of carbonyl (C=O) groups excluding carboxylic acids is 1. The van der Waals surface area contributed by atoms with E-state index in [1.165, 1.54) is 11.3 Å². The molecule has 0 saturated heterocycles. The van der Waals surface area contributed by atoms with Gasteiger partial charge in [0.15, 0.2) is 0 Å². The molecular weight excluding hydrogens is 470 g/mol. The Morgan fingerprint density at radius 1 is 1.18 bits per heavy atom. The molecule has 3 heterocycles. The molecule has 0 fully saturated rings. The Balaban J connectivity index is 0.00000274. The van der Waals surface area contributed by atoms with Crippen molar-refractivity contribution in [2.24, 2.45) is 12.8 Å². The smallest absolute Gasteiger partial charge is 0.262 e. The number of fused-ring (bicyclic) bond motifs is 1. The predicted octanol–water partition coefficient (Wildman–Crippen LogP) is 6.02. The van der Waals surface area contributed by atoms with Crippen molar-refractivity contribution < 1.29 is 9.53 Å². The van der Waals surface area contributed by atoms with E-state index in [1.54, 1.807) is 11.0 Å². The third-order valence-corrected chi connectivity index (χ3v) is 6.85. The monoisotopic (exact) mass is 493 g/mol. The van der Waals surface area contributed by atoms with Gasteiger partial charge < -0.3 is 10.5 Å². The van der Waals surface area contributed by atoms with Crippen LogP contribution >= 0.6 is 22.9 Å². The second kappa shape index (κ2) is 9.32. The molecule has 2 N–H and O–H groups in total. The highest BCUT2D eigenvalue weighted by Gasteiger charge is 2.21. The number of hydrogen-bond donors (Lipinski definition) is 1. The first-order chi connectivity index (χ1) is 15.9. The highest BCUT2D eigenvalue weighted by Crippen LogP contribution is 2.37. The van der Waals surface area contributed by atoms with Crippen LogP contribution in [0.25, 0.3) is 27.2 Å². The van der Waals surface area contributed by atoms with Crippen molar-refractivity contribution in [2.75, 3.05) is 0 Å². The second-order valence-corrected chi connectivity index (χ2v) is 9.08. The van der Waals surface area contributed by atoms with Gasteiger partial charge in [0.1, 0.15) is 28.1 Å². The number of imidazole rings is 1. The lowest BCUT2D eigenvalue weighted by atomic mass is 10.1. The van der Waals surface area contributed by atoms with Gasteiger partial charge in [-0.1, -0.05) is 43.3 Å². The largest absolute Gasteiger partial charge is 0.484 e. The number of thiophene rings is 1. The lowest BCUT2D eigenvalue weighted by Crippen LogP contribution is -2.12.